The van der Waals surface area contributed by atoms with E-state index in [1.807, 2.05) is 12.1 Å². The molecule has 0 saturated carbocycles. The van der Waals surface area contributed by atoms with Gasteiger partial charge in [0.15, 0.2) is 10.5 Å². The van der Waals surface area contributed by atoms with Gasteiger partial charge in [-0.05, 0) is 42.8 Å². The Hall–Kier alpha value is -1.66. The molecular weight excluding hydrogens is 322 g/mol. The molecule has 7 heteroatoms. The number of hydrogen-bond acceptors (Lipinski definition) is 4. The number of nitrogens with one attached hydrogen (secondary N) is 2. The summed E-state index contributed by atoms with van der Waals surface area (Å²) in [6.45, 7) is 0.824. The monoisotopic (exact) mass is 335 g/mol. The molecule has 0 radical (unpaired) electrons. The first kappa shape index (κ1) is 14.0. The second-order valence-corrected chi connectivity index (χ2v) is 6.79. The fourth-order valence-corrected chi connectivity index (χ4v) is 4.40. The molecule has 0 bridgehead atoms. The zero-order valence-corrected chi connectivity index (χ0v) is 13.3. The van der Waals surface area contributed by atoms with Crippen molar-refractivity contribution in [1.29, 1.82) is 0 Å². The molecule has 4 rings (SSSR count). The van der Waals surface area contributed by atoms with Crippen LogP contribution in [0.15, 0.2) is 18.2 Å². The molecule has 2 fully saturated rings. The van der Waals surface area contributed by atoms with Crippen molar-refractivity contribution in [3.8, 4) is 0 Å². The lowest BCUT2D eigenvalue weighted by molar-refractivity contribution is -0.145. The van der Waals surface area contributed by atoms with E-state index in [4.69, 9.17) is 23.8 Å². The lowest BCUT2D eigenvalue weighted by Crippen LogP contribution is -2.70. The van der Waals surface area contributed by atoms with E-state index in [1.54, 1.807) is 6.07 Å². The minimum atomic E-state index is -1.16. The standard InChI is InChI=1S/C15H14ClN3O2S/c16-9-3-1-4-10-8(9)7-15(11-5-2-6-19(10)11)12(20)17-14(22)18-13(15)21/h1,3-4,11H,2,5-7H2,(H2,17,18,20,21,22)/t11-/m0/s1. The van der Waals surface area contributed by atoms with Crippen LogP contribution in [0, 0.1) is 5.41 Å². The Morgan fingerprint density at radius 2 is 2.00 bits per heavy atom. The minimum Gasteiger partial charge on any atom is -0.367 e. The number of halogens is 1. The van der Waals surface area contributed by atoms with Gasteiger partial charge in [-0.25, -0.2) is 0 Å². The van der Waals surface area contributed by atoms with Crippen molar-refractivity contribution >= 4 is 46.4 Å². The molecule has 2 N–H and O–H groups in total. The Kier molecular flexibility index (Phi) is 2.96. The maximum atomic E-state index is 12.7. The van der Waals surface area contributed by atoms with Gasteiger partial charge in [0.1, 0.15) is 0 Å². The predicted octanol–water partition coefficient (Wildman–Crippen LogP) is 1.38. The van der Waals surface area contributed by atoms with Gasteiger partial charge in [-0.15, -0.1) is 0 Å². The normalized spacial score (nSPS) is 25.6. The number of thiocarbonyl (C=S) groups is 1. The smallest absolute Gasteiger partial charge is 0.244 e. The third-order valence-corrected chi connectivity index (χ3v) is 5.50. The van der Waals surface area contributed by atoms with Gasteiger partial charge >= 0.3 is 0 Å². The zero-order chi connectivity index (χ0) is 15.5. The molecule has 3 aliphatic rings. The number of carbonyl (C=O) groups excluding carboxylic acids is 2. The van der Waals surface area contributed by atoms with Crippen molar-refractivity contribution < 1.29 is 9.59 Å². The Morgan fingerprint density at radius 3 is 2.73 bits per heavy atom. The Balaban J connectivity index is 1.91. The van der Waals surface area contributed by atoms with E-state index in [0.717, 1.165) is 30.6 Å². The quantitative estimate of drug-likeness (QED) is 0.555. The highest BCUT2D eigenvalue weighted by atomic mass is 35.5. The second kappa shape index (κ2) is 4.67. The van der Waals surface area contributed by atoms with Crippen LogP contribution in [0.4, 0.5) is 5.69 Å². The van der Waals surface area contributed by atoms with Gasteiger partial charge < -0.3 is 15.5 Å². The van der Waals surface area contributed by atoms with Gasteiger partial charge in [-0.3, -0.25) is 9.59 Å². The fourth-order valence-electron chi connectivity index (χ4n) is 3.98. The summed E-state index contributed by atoms with van der Waals surface area (Å²) >= 11 is 11.3. The molecule has 1 atom stereocenters. The van der Waals surface area contributed by atoms with Crippen LogP contribution in [-0.4, -0.2) is 29.5 Å². The van der Waals surface area contributed by atoms with Crippen LogP contribution < -0.4 is 15.5 Å². The Bertz CT molecular complexity index is 701. The third kappa shape index (κ3) is 1.68. The van der Waals surface area contributed by atoms with E-state index in [-0.39, 0.29) is 23.0 Å². The van der Waals surface area contributed by atoms with Crippen LogP contribution in [0.1, 0.15) is 18.4 Å². The number of carbonyl (C=O) groups is 2. The van der Waals surface area contributed by atoms with E-state index in [2.05, 4.69) is 15.5 Å². The van der Waals surface area contributed by atoms with E-state index < -0.39 is 5.41 Å². The van der Waals surface area contributed by atoms with Gasteiger partial charge in [-0.2, -0.15) is 0 Å². The molecule has 3 aliphatic heterocycles. The first-order valence-corrected chi connectivity index (χ1v) is 8.03. The topological polar surface area (TPSA) is 61.4 Å². The summed E-state index contributed by atoms with van der Waals surface area (Å²) in [4.78, 5) is 27.6. The largest absolute Gasteiger partial charge is 0.367 e. The number of fused-ring (bicyclic) bond motifs is 4. The number of anilines is 1. The minimum absolute atomic E-state index is 0.0788. The van der Waals surface area contributed by atoms with Crippen LogP contribution in [0.25, 0.3) is 0 Å². The zero-order valence-electron chi connectivity index (χ0n) is 11.7. The average Bonchev–Trinajstić information content (AvgIpc) is 2.95. The van der Waals surface area contributed by atoms with Crippen molar-refractivity contribution in [2.75, 3.05) is 11.4 Å². The molecule has 114 valence electrons. The Labute approximate surface area is 138 Å². The van der Waals surface area contributed by atoms with Crippen LogP contribution in [0.3, 0.4) is 0 Å². The average molecular weight is 336 g/mol. The van der Waals surface area contributed by atoms with E-state index >= 15 is 0 Å². The number of amides is 2. The molecule has 1 spiro atoms. The van der Waals surface area contributed by atoms with Crippen molar-refractivity contribution in [3.63, 3.8) is 0 Å². The van der Waals surface area contributed by atoms with Crippen LogP contribution in [-0.2, 0) is 16.0 Å². The van der Waals surface area contributed by atoms with Crippen LogP contribution in [0.5, 0.6) is 0 Å². The highest BCUT2D eigenvalue weighted by molar-refractivity contribution is 7.80. The summed E-state index contributed by atoms with van der Waals surface area (Å²) in [7, 11) is 0. The fraction of sp³-hybridized carbons (Fsp3) is 0.400. The van der Waals surface area contributed by atoms with Gasteiger partial charge in [0.25, 0.3) is 0 Å². The van der Waals surface area contributed by atoms with E-state index in [0.29, 0.717) is 11.4 Å². The molecule has 0 aliphatic carbocycles. The maximum Gasteiger partial charge on any atom is 0.244 e. The third-order valence-electron chi connectivity index (χ3n) is 4.95. The molecule has 2 saturated heterocycles. The lowest BCUT2D eigenvalue weighted by Gasteiger charge is -2.48. The SMILES string of the molecule is O=C1NC(=S)NC(=O)C12Cc1c(Cl)cccc1N1CCC[C@H]12. The molecule has 22 heavy (non-hydrogen) atoms. The summed E-state index contributed by atoms with van der Waals surface area (Å²) in [6, 6.07) is 5.57. The van der Waals surface area contributed by atoms with Crippen molar-refractivity contribution in [2.24, 2.45) is 5.41 Å². The number of nitrogens with zero attached hydrogens (tertiary/aromatic N) is 1. The molecule has 3 heterocycles. The number of hydrogen-bond donors (Lipinski definition) is 2. The van der Waals surface area contributed by atoms with E-state index in [1.165, 1.54) is 0 Å². The first-order valence-electron chi connectivity index (χ1n) is 7.25. The summed E-state index contributed by atoms with van der Waals surface area (Å²) in [5.41, 5.74) is 0.742. The number of benzene rings is 1. The summed E-state index contributed by atoms with van der Waals surface area (Å²) in [6.07, 6.45) is 2.06. The first-order chi connectivity index (χ1) is 10.5. The van der Waals surface area contributed by atoms with Gasteiger partial charge in [0, 0.05) is 23.7 Å². The maximum absolute atomic E-state index is 12.7. The highest BCUT2D eigenvalue weighted by Gasteiger charge is 2.60. The number of rotatable bonds is 0. The van der Waals surface area contributed by atoms with Crippen LogP contribution in [0.2, 0.25) is 5.02 Å². The second-order valence-electron chi connectivity index (χ2n) is 5.97. The van der Waals surface area contributed by atoms with Crippen molar-refractivity contribution in [3.05, 3.63) is 28.8 Å². The van der Waals surface area contributed by atoms with Crippen LogP contribution >= 0.6 is 23.8 Å². The Morgan fingerprint density at radius 1 is 1.27 bits per heavy atom. The van der Waals surface area contributed by atoms with E-state index in [9.17, 15) is 9.59 Å². The van der Waals surface area contributed by atoms with Gasteiger partial charge in [0.2, 0.25) is 11.8 Å². The molecule has 5 nitrogen and oxygen atoms in total. The molecule has 0 aromatic heterocycles. The van der Waals surface area contributed by atoms with Gasteiger partial charge in [0.05, 0.1) is 6.04 Å². The lowest BCUT2D eigenvalue weighted by atomic mass is 9.69. The van der Waals surface area contributed by atoms with Gasteiger partial charge in [-0.1, -0.05) is 17.7 Å². The van der Waals surface area contributed by atoms with Crippen molar-refractivity contribution in [1.82, 2.24) is 10.6 Å². The molecule has 2 amide bonds. The molecule has 1 aromatic carbocycles. The summed E-state index contributed by atoms with van der Waals surface area (Å²) in [5.74, 6) is -0.632. The summed E-state index contributed by atoms with van der Waals surface area (Å²) < 4.78 is 0. The molecular formula is C15H14ClN3O2S. The molecule has 1 aromatic rings. The molecule has 0 unspecified atom stereocenters. The summed E-state index contributed by atoms with van der Waals surface area (Å²) in [5, 5.41) is 5.92. The van der Waals surface area contributed by atoms with Crippen molar-refractivity contribution in [2.45, 2.75) is 25.3 Å². The predicted molar refractivity (Wildman–Crippen MR) is 86.8 cm³/mol. The highest BCUT2D eigenvalue weighted by Crippen LogP contribution is 2.48.